The third kappa shape index (κ3) is 1.68. The Kier molecular flexibility index (Phi) is 2.17. The van der Waals surface area contributed by atoms with Gasteiger partial charge in [0.05, 0.1) is 0 Å². The van der Waals surface area contributed by atoms with E-state index < -0.39 is 0 Å². The van der Waals surface area contributed by atoms with Gasteiger partial charge in [0.1, 0.15) is 12.5 Å². The van der Waals surface area contributed by atoms with Gasteiger partial charge in [-0.05, 0) is 5.21 Å². The Balaban J connectivity index is 2.34. The molecule has 0 radical (unpaired) electrons. The fraction of sp³-hybridized carbons (Fsp3) is 0.250. The SMILES string of the molecule is O=C=CCOc1nn[nH]n1. The van der Waals surface area contributed by atoms with Crippen molar-refractivity contribution in [1.29, 1.82) is 0 Å². The van der Waals surface area contributed by atoms with Crippen LogP contribution in [0, 0.1) is 0 Å². The lowest BCUT2D eigenvalue weighted by atomic mass is 10.7. The third-order valence-corrected chi connectivity index (χ3v) is 0.705. The second kappa shape index (κ2) is 3.37. The van der Waals surface area contributed by atoms with Crippen LogP contribution in [-0.2, 0) is 4.79 Å². The molecule has 0 saturated heterocycles. The minimum Gasteiger partial charge on any atom is -0.456 e. The van der Waals surface area contributed by atoms with E-state index in [1.54, 1.807) is 5.94 Å². The molecule has 1 heterocycles. The number of nitrogens with zero attached hydrogens (tertiary/aromatic N) is 3. The zero-order valence-corrected chi connectivity index (χ0v) is 4.94. The molecule has 0 saturated carbocycles. The topological polar surface area (TPSA) is 80.8 Å². The predicted octanol–water partition coefficient (Wildman–Crippen LogP) is -1.03. The maximum Gasteiger partial charge on any atom is 0.356 e. The molecule has 1 aromatic rings. The molecule has 6 heteroatoms. The van der Waals surface area contributed by atoms with E-state index in [1.807, 2.05) is 0 Å². The number of carbonyl (C=O) groups excluding carboxylic acids is 1. The number of ether oxygens (including phenoxy) is 1. The summed E-state index contributed by atoms with van der Waals surface area (Å²) in [5, 5.41) is 12.4. The Morgan fingerprint density at radius 3 is 3.30 bits per heavy atom. The summed E-state index contributed by atoms with van der Waals surface area (Å²) in [7, 11) is 0. The first-order valence-electron chi connectivity index (χ1n) is 2.49. The molecule has 0 aliphatic heterocycles. The van der Waals surface area contributed by atoms with Gasteiger partial charge in [0.25, 0.3) is 0 Å². The number of nitrogens with one attached hydrogen (secondary N) is 1. The van der Waals surface area contributed by atoms with E-state index in [0.29, 0.717) is 0 Å². The van der Waals surface area contributed by atoms with E-state index in [-0.39, 0.29) is 12.6 Å². The molecule has 10 heavy (non-hydrogen) atoms. The van der Waals surface area contributed by atoms with Gasteiger partial charge in [0, 0.05) is 6.08 Å². The number of H-pyrrole nitrogens is 1. The molecule has 1 N–H and O–H groups in total. The van der Waals surface area contributed by atoms with Crippen molar-refractivity contribution < 1.29 is 9.53 Å². The van der Waals surface area contributed by atoms with Crippen LogP contribution in [0.1, 0.15) is 0 Å². The summed E-state index contributed by atoms with van der Waals surface area (Å²) < 4.78 is 4.75. The number of tetrazole rings is 1. The van der Waals surface area contributed by atoms with Crippen LogP contribution in [0.15, 0.2) is 6.08 Å². The standard InChI is InChI=1S/C4H4N4O2/c9-2-1-3-10-4-5-7-8-6-4/h1H,3H2,(H,5,6,7,8). The molecule has 0 fully saturated rings. The van der Waals surface area contributed by atoms with E-state index in [0.717, 1.165) is 0 Å². The van der Waals surface area contributed by atoms with Crippen LogP contribution in [-0.4, -0.2) is 33.2 Å². The zero-order chi connectivity index (χ0) is 7.23. The lowest BCUT2D eigenvalue weighted by Crippen LogP contribution is -1.94. The largest absolute Gasteiger partial charge is 0.456 e. The highest BCUT2D eigenvalue weighted by Gasteiger charge is 1.93. The van der Waals surface area contributed by atoms with Gasteiger partial charge in [-0.25, -0.2) is 4.79 Å². The van der Waals surface area contributed by atoms with Gasteiger partial charge in [-0.2, -0.15) is 5.21 Å². The molecular formula is C4H4N4O2. The van der Waals surface area contributed by atoms with Crippen molar-refractivity contribution in [2.45, 2.75) is 0 Å². The first kappa shape index (κ1) is 6.44. The molecule has 52 valence electrons. The molecule has 0 bridgehead atoms. The second-order valence-corrected chi connectivity index (χ2v) is 1.33. The van der Waals surface area contributed by atoms with Crippen molar-refractivity contribution in [3.05, 3.63) is 6.08 Å². The summed E-state index contributed by atoms with van der Waals surface area (Å²) in [4.78, 5) is 9.61. The Morgan fingerprint density at radius 2 is 2.70 bits per heavy atom. The minimum absolute atomic E-state index is 0.114. The highest BCUT2D eigenvalue weighted by molar-refractivity contribution is 5.44. The van der Waals surface area contributed by atoms with E-state index in [2.05, 4.69) is 20.6 Å². The van der Waals surface area contributed by atoms with E-state index >= 15 is 0 Å². The van der Waals surface area contributed by atoms with Crippen LogP contribution in [0.5, 0.6) is 6.01 Å². The van der Waals surface area contributed by atoms with Crippen LogP contribution in [0.3, 0.4) is 0 Å². The molecule has 0 aliphatic carbocycles. The van der Waals surface area contributed by atoms with E-state index in [9.17, 15) is 4.79 Å². The summed E-state index contributed by atoms with van der Waals surface area (Å²) in [6, 6.07) is 0.117. The Labute approximate surface area is 55.9 Å². The van der Waals surface area contributed by atoms with Gasteiger partial charge in [-0.15, -0.1) is 0 Å². The highest BCUT2D eigenvalue weighted by atomic mass is 16.5. The molecular weight excluding hydrogens is 136 g/mol. The van der Waals surface area contributed by atoms with Gasteiger partial charge < -0.3 is 4.74 Å². The molecule has 0 spiro atoms. The number of rotatable bonds is 3. The smallest absolute Gasteiger partial charge is 0.356 e. The predicted molar refractivity (Wildman–Crippen MR) is 29.9 cm³/mol. The zero-order valence-electron chi connectivity index (χ0n) is 4.94. The first-order valence-corrected chi connectivity index (χ1v) is 2.49. The van der Waals surface area contributed by atoms with Crippen molar-refractivity contribution in [1.82, 2.24) is 20.6 Å². The summed E-state index contributed by atoms with van der Waals surface area (Å²) in [6.45, 7) is 0.114. The molecule has 1 aromatic heterocycles. The van der Waals surface area contributed by atoms with Crippen LogP contribution < -0.4 is 4.74 Å². The molecule has 0 unspecified atom stereocenters. The van der Waals surface area contributed by atoms with Crippen molar-refractivity contribution in [2.24, 2.45) is 0 Å². The van der Waals surface area contributed by atoms with Gasteiger partial charge in [0.2, 0.25) is 0 Å². The third-order valence-electron chi connectivity index (χ3n) is 0.705. The Hall–Kier alpha value is -1.68. The van der Waals surface area contributed by atoms with Crippen LogP contribution in [0.25, 0.3) is 0 Å². The van der Waals surface area contributed by atoms with Gasteiger partial charge in [-0.3, -0.25) is 0 Å². The van der Waals surface area contributed by atoms with Crippen molar-refractivity contribution in [3.8, 4) is 6.01 Å². The monoisotopic (exact) mass is 140 g/mol. The summed E-state index contributed by atoms with van der Waals surface area (Å²) in [6.07, 6.45) is 1.18. The number of aromatic amines is 1. The first-order chi connectivity index (χ1) is 4.93. The molecule has 0 aromatic carbocycles. The van der Waals surface area contributed by atoms with Crippen LogP contribution in [0.2, 0.25) is 0 Å². The van der Waals surface area contributed by atoms with Gasteiger partial charge in [-0.1, -0.05) is 10.2 Å². The van der Waals surface area contributed by atoms with Crippen LogP contribution in [0.4, 0.5) is 0 Å². The average molecular weight is 140 g/mol. The molecule has 1 rings (SSSR count). The van der Waals surface area contributed by atoms with E-state index in [4.69, 9.17) is 4.74 Å². The van der Waals surface area contributed by atoms with E-state index in [1.165, 1.54) is 6.08 Å². The average Bonchev–Trinajstić information content (AvgIpc) is 2.41. The maximum absolute atomic E-state index is 9.61. The molecule has 0 amide bonds. The number of aromatic nitrogens is 4. The fourth-order valence-electron chi connectivity index (χ4n) is 0.364. The Morgan fingerprint density at radius 1 is 1.80 bits per heavy atom. The molecule has 0 atom stereocenters. The quantitative estimate of drug-likeness (QED) is 0.542. The van der Waals surface area contributed by atoms with Crippen molar-refractivity contribution >= 4 is 5.94 Å². The minimum atomic E-state index is 0.114. The van der Waals surface area contributed by atoms with Crippen molar-refractivity contribution in [2.75, 3.05) is 6.61 Å². The maximum atomic E-state index is 9.61. The summed E-state index contributed by atoms with van der Waals surface area (Å²) in [5.41, 5.74) is 0. The fourth-order valence-corrected chi connectivity index (χ4v) is 0.364. The van der Waals surface area contributed by atoms with Crippen molar-refractivity contribution in [3.63, 3.8) is 0 Å². The Bertz CT molecular complexity index is 225. The lowest BCUT2D eigenvalue weighted by Gasteiger charge is -1.89. The van der Waals surface area contributed by atoms with Gasteiger partial charge in [0.15, 0.2) is 0 Å². The summed E-state index contributed by atoms with van der Waals surface area (Å²) in [5.74, 6) is 1.54. The van der Waals surface area contributed by atoms with Crippen LogP contribution >= 0.6 is 0 Å². The summed E-state index contributed by atoms with van der Waals surface area (Å²) >= 11 is 0. The highest BCUT2D eigenvalue weighted by Crippen LogP contribution is 1.91. The second-order valence-electron chi connectivity index (χ2n) is 1.33. The molecule has 6 nitrogen and oxygen atoms in total. The number of hydrogen-bond acceptors (Lipinski definition) is 5. The lowest BCUT2D eigenvalue weighted by molar-refractivity contribution is 0.334. The normalized spacial score (nSPS) is 8.40. The van der Waals surface area contributed by atoms with Gasteiger partial charge >= 0.3 is 6.01 Å². The number of hydrogen-bond donors (Lipinski definition) is 1. The molecule has 0 aliphatic rings.